The molecule has 0 radical (unpaired) electrons. The van der Waals surface area contributed by atoms with Gasteiger partial charge < -0.3 is 18.9 Å². The lowest BCUT2D eigenvalue weighted by atomic mass is 9.38. The Bertz CT molecular complexity index is 1710. The van der Waals surface area contributed by atoms with E-state index in [1.165, 1.54) is 21.3 Å². The summed E-state index contributed by atoms with van der Waals surface area (Å²) in [4.78, 5) is 61.2. The highest BCUT2D eigenvalue weighted by atomic mass is 16.5. The monoisotopic (exact) mass is 716 g/mol. The van der Waals surface area contributed by atoms with Crippen molar-refractivity contribution in [1.82, 2.24) is 0 Å². The number of hydrogen-bond acceptors (Lipinski definition) is 8. The number of ketones is 3. The highest BCUT2D eigenvalue weighted by molar-refractivity contribution is 6.33. The molecule has 0 aliphatic heterocycles. The lowest BCUT2D eigenvalue weighted by Gasteiger charge is -2.61. The van der Waals surface area contributed by atoms with Crippen molar-refractivity contribution < 1.29 is 38.1 Å². The number of Topliss-reactive ketones (excluding diaryl/α,β-unsaturated/α-hetero) is 3. The van der Waals surface area contributed by atoms with Gasteiger partial charge in [-0.1, -0.05) is 67.4 Å². The Morgan fingerprint density at radius 2 is 1.31 bits per heavy atom. The molecule has 0 aromatic heterocycles. The molecule has 0 spiro atoms. The number of benzene rings is 1. The molecule has 0 unspecified atom stereocenters. The second kappa shape index (κ2) is 16.6. The number of ether oxygens (including phenoxy) is 4. The average molecular weight is 717 g/mol. The molecule has 1 aromatic carbocycles. The van der Waals surface area contributed by atoms with Gasteiger partial charge in [-0.15, -0.1) is 0 Å². The minimum absolute atomic E-state index is 0.000990. The Kier molecular flexibility index (Phi) is 13.5. The molecular weight excluding hydrogens is 656 g/mol. The van der Waals surface area contributed by atoms with Gasteiger partial charge in [0.25, 0.3) is 0 Å². The van der Waals surface area contributed by atoms with Gasteiger partial charge in [-0.25, -0.2) is 4.79 Å². The fraction of sp³-hybridized carbons (Fsp3) is 0.545. The molecule has 8 nitrogen and oxygen atoms in total. The van der Waals surface area contributed by atoms with E-state index in [2.05, 4.69) is 6.08 Å². The van der Waals surface area contributed by atoms with E-state index in [0.717, 1.165) is 22.3 Å². The van der Waals surface area contributed by atoms with Crippen LogP contribution in [0.25, 0.3) is 0 Å². The zero-order valence-electron chi connectivity index (χ0n) is 33.9. The van der Waals surface area contributed by atoms with E-state index in [0.29, 0.717) is 18.6 Å². The minimum Gasteiger partial charge on any atom is -0.496 e. The molecule has 52 heavy (non-hydrogen) atoms. The quantitative estimate of drug-likeness (QED) is 0.100. The van der Waals surface area contributed by atoms with Crippen molar-refractivity contribution in [2.75, 3.05) is 21.3 Å². The molecular formula is C44H60O8. The molecule has 2 aliphatic rings. The fourth-order valence-electron chi connectivity index (χ4n) is 7.88. The Hall–Kier alpha value is -4.20. The highest BCUT2D eigenvalue weighted by Gasteiger charge is 2.76. The summed E-state index contributed by atoms with van der Waals surface area (Å²) in [7, 11) is 4.33. The van der Waals surface area contributed by atoms with Gasteiger partial charge in [0.2, 0.25) is 0 Å². The van der Waals surface area contributed by atoms with Crippen molar-refractivity contribution in [3.8, 4) is 17.2 Å². The molecule has 1 saturated carbocycles. The van der Waals surface area contributed by atoms with Gasteiger partial charge in [0.15, 0.2) is 22.8 Å². The van der Waals surface area contributed by atoms with Gasteiger partial charge in [-0.05, 0) is 93.4 Å². The molecule has 0 N–H and O–H groups in total. The van der Waals surface area contributed by atoms with Crippen LogP contribution in [0.15, 0.2) is 70.1 Å². The maximum absolute atomic E-state index is 15.9. The third-order valence-electron chi connectivity index (χ3n) is 10.8. The lowest BCUT2D eigenvalue weighted by molar-refractivity contribution is -0.179. The largest absolute Gasteiger partial charge is 0.496 e. The van der Waals surface area contributed by atoms with Crippen molar-refractivity contribution in [3.63, 3.8) is 0 Å². The second-order valence-electron chi connectivity index (χ2n) is 15.9. The van der Waals surface area contributed by atoms with E-state index in [4.69, 9.17) is 18.9 Å². The van der Waals surface area contributed by atoms with E-state index < -0.39 is 45.5 Å². The summed E-state index contributed by atoms with van der Waals surface area (Å²) in [6.07, 6.45) is 9.40. The van der Waals surface area contributed by atoms with Gasteiger partial charge in [-0.2, -0.15) is 0 Å². The van der Waals surface area contributed by atoms with Gasteiger partial charge >= 0.3 is 5.97 Å². The maximum Gasteiger partial charge on any atom is 0.350 e. The summed E-state index contributed by atoms with van der Waals surface area (Å²) in [5.74, 6) is -2.55. The molecule has 1 aromatic rings. The van der Waals surface area contributed by atoms with Crippen LogP contribution >= 0.6 is 0 Å². The fourth-order valence-corrected chi connectivity index (χ4v) is 7.88. The molecule has 4 atom stereocenters. The van der Waals surface area contributed by atoms with Crippen LogP contribution < -0.4 is 14.2 Å². The van der Waals surface area contributed by atoms with Crippen molar-refractivity contribution in [1.29, 1.82) is 0 Å². The Morgan fingerprint density at radius 3 is 1.77 bits per heavy atom. The van der Waals surface area contributed by atoms with Crippen LogP contribution in [0.3, 0.4) is 0 Å². The third-order valence-corrected chi connectivity index (χ3v) is 10.8. The smallest absolute Gasteiger partial charge is 0.350 e. The van der Waals surface area contributed by atoms with Crippen molar-refractivity contribution in [2.24, 2.45) is 28.1 Å². The zero-order valence-corrected chi connectivity index (χ0v) is 33.9. The Balaban J connectivity index is 2.62. The van der Waals surface area contributed by atoms with E-state index in [1.807, 2.05) is 80.5 Å². The third kappa shape index (κ3) is 7.62. The molecule has 0 heterocycles. The predicted octanol–water partition coefficient (Wildman–Crippen LogP) is 9.92. The standard InChI is InChI=1S/C44H60O8/c1-26(2)15-17-31-25-43(22-20-29(7)8)39(52-40(47)36-34(50-13)23-32(49-12)24-35(36)51-14)33(18-16-27(3)4)38(46)44(41(43)48,37(45)30(9)10)42(31,11)21-19-28(5)6/h15-16,19-20,23-24,30-31H,17-18,21-22,25H2,1-14H3/t31-,42+,43+,44-/m0/s1. The van der Waals surface area contributed by atoms with E-state index in [1.54, 1.807) is 26.0 Å². The summed E-state index contributed by atoms with van der Waals surface area (Å²) in [5.41, 5.74) is -0.441. The van der Waals surface area contributed by atoms with Gasteiger partial charge in [-0.3, -0.25) is 14.4 Å². The average Bonchev–Trinajstić information content (AvgIpc) is 3.08. The first-order valence-electron chi connectivity index (χ1n) is 18.2. The van der Waals surface area contributed by atoms with Crippen LogP contribution in [0.4, 0.5) is 0 Å². The summed E-state index contributed by atoms with van der Waals surface area (Å²) in [5, 5.41) is 0. The van der Waals surface area contributed by atoms with E-state index in [9.17, 15) is 4.79 Å². The highest BCUT2D eigenvalue weighted by Crippen LogP contribution is 2.68. The first-order valence-corrected chi connectivity index (χ1v) is 18.2. The van der Waals surface area contributed by atoms with Crippen LogP contribution in [0.2, 0.25) is 0 Å². The molecule has 0 amide bonds. The normalized spacial score (nSPS) is 23.8. The predicted molar refractivity (Wildman–Crippen MR) is 206 cm³/mol. The summed E-state index contributed by atoms with van der Waals surface area (Å²) < 4.78 is 23.1. The molecule has 3 rings (SSSR count). The number of allylic oxidation sites excluding steroid dienone is 10. The van der Waals surface area contributed by atoms with Gasteiger partial charge in [0.05, 0.1) is 26.7 Å². The number of fused-ring (bicyclic) bond motifs is 2. The van der Waals surface area contributed by atoms with Crippen LogP contribution in [-0.2, 0) is 19.1 Å². The first-order chi connectivity index (χ1) is 24.3. The Labute approximate surface area is 311 Å². The second-order valence-corrected chi connectivity index (χ2v) is 15.9. The van der Waals surface area contributed by atoms with Gasteiger partial charge in [0, 0.05) is 29.0 Å². The van der Waals surface area contributed by atoms with Crippen LogP contribution in [0, 0.1) is 28.1 Å². The van der Waals surface area contributed by atoms with Crippen LogP contribution in [-0.4, -0.2) is 44.6 Å². The number of esters is 1. The van der Waals surface area contributed by atoms with Crippen molar-refractivity contribution >= 4 is 23.3 Å². The Morgan fingerprint density at radius 1 is 0.788 bits per heavy atom. The lowest BCUT2D eigenvalue weighted by Crippen LogP contribution is -2.71. The molecule has 0 saturated heterocycles. The number of carbonyl (C=O) groups is 4. The summed E-state index contributed by atoms with van der Waals surface area (Å²) >= 11 is 0. The van der Waals surface area contributed by atoms with Crippen LogP contribution in [0.5, 0.6) is 17.2 Å². The number of rotatable bonds is 15. The molecule has 284 valence electrons. The molecule has 2 bridgehead atoms. The topological polar surface area (TPSA) is 105 Å². The molecule has 2 aliphatic carbocycles. The number of hydrogen-bond donors (Lipinski definition) is 0. The first kappa shape index (κ1) is 42.2. The van der Waals surface area contributed by atoms with Crippen LogP contribution in [0.1, 0.15) is 119 Å². The molecule has 1 fully saturated rings. The number of carbonyl (C=O) groups excluding carboxylic acids is 4. The minimum atomic E-state index is -2.02. The summed E-state index contributed by atoms with van der Waals surface area (Å²) in [6, 6.07) is 3.09. The SMILES string of the molecule is COc1cc(OC)c(C(=O)OC2=C(CC=C(C)C)C(=O)[C@@]3(C(=O)C(C)C)C(=O)[C@]2(CC=C(C)C)C[C@H](CC=C(C)C)[C@@]3(C)CC=C(C)C)c(OC)c1. The number of methoxy groups -OCH3 is 3. The van der Waals surface area contributed by atoms with E-state index in [-0.39, 0.29) is 53.6 Å². The zero-order chi connectivity index (χ0) is 39.3. The van der Waals surface area contributed by atoms with Gasteiger partial charge in [0.1, 0.15) is 28.6 Å². The van der Waals surface area contributed by atoms with Crippen molar-refractivity contribution in [3.05, 3.63) is 75.6 Å². The summed E-state index contributed by atoms with van der Waals surface area (Å²) in [6.45, 7) is 21.2. The maximum atomic E-state index is 15.9. The van der Waals surface area contributed by atoms with Crippen molar-refractivity contribution in [2.45, 2.75) is 108 Å². The van der Waals surface area contributed by atoms with E-state index >= 15 is 14.4 Å². The molecule has 8 heteroatoms.